The minimum absolute atomic E-state index is 0.125. The molecule has 2 amide bonds. The molecule has 1 aliphatic rings. The lowest BCUT2D eigenvalue weighted by atomic mass is 9.94. The van der Waals surface area contributed by atoms with Crippen molar-refractivity contribution >= 4 is 21.8 Å². The van der Waals surface area contributed by atoms with E-state index < -0.39 is 16.1 Å². The molecule has 0 saturated heterocycles. The van der Waals surface area contributed by atoms with Gasteiger partial charge >= 0.3 is 0 Å². The van der Waals surface area contributed by atoms with Crippen LogP contribution in [0.4, 0.5) is 0 Å². The monoisotopic (exact) mass is 575 g/mol. The third-order valence-electron chi connectivity index (χ3n) is 7.73. The van der Waals surface area contributed by atoms with Crippen LogP contribution in [-0.2, 0) is 32.6 Å². The second kappa shape index (κ2) is 14.9. The molecule has 8 heteroatoms. The molecule has 218 valence electrons. The van der Waals surface area contributed by atoms with Gasteiger partial charge in [-0.2, -0.15) is 0 Å². The number of nitrogens with zero attached hydrogens (tertiary/aromatic N) is 2. The first-order valence-electron chi connectivity index (χ1n) is 14.5. The molecule has 7 nitrogen and oxygen atoms in total. The SMILES string of the molecule is CN(CCCC(=O)N(Cc1ccccc1)C(Cc1ccccc1)C(=O)NC1CCCCC1)S(=O)(=O)c1ccccc1. The van der Waals surface area contributed by atoms with Crippen molar-refractivity contribution in [2.75, 3.05) is 13.6 Å². The van der Waals surface area contributed by atoms with Gasteiger partial charge in [0.05, 0.1) is 4.90 Å². The average Bonchev–Trinajstić information content (AvgIpc) is 3.00. The van der Waals surface area contributed by atoms with Crippen LogP contribution in [-0.4, -0.2) is 55.1 Å². The summed E-state index contributed by atoms with van der Waals surface area (Å²) in [6.45, 7) is 0.493. The van der Waals surface area contributed by atoms with Crippen LogP contribution in [0.25, 0.3) is 0 Å². The van der Waals surface area contributed by atoms with Crippen molar-refractivity contribution in [3.8, 4) is 0 Å². The Bertz CT molecular complexity index is 1340. The van der Waals surface area contributed by atoms with Crippen LogP contribution < -0.4 is 5.32 Å². The van der Waals surface area contributed by atoms with Gasteiger partial charge in [0.15, 0.2) is 0 Å². The summed E-state index contributed by atoms with van der Waals surface area (Å²) in [6.07, 6.45) is 6.17. The van der Waals surface area contributed by atoms with Gasteiger partial charge in [0.2, 0.25) is 21.8 Å². The van der Waals surface area contributed by atoms with Crippen LogP contribution in [0.15, 0.2) is 95.9 Å². The highest BCUT2D eigenvalue weighted by molar-refractivity contribution is 7.89. The van der Waals surface area contributed by atoms with Crippen molar-refractivity contribution in [1.82, 2.24) is 14.5 Å². The molecule has 1 saturated carbocycles. The maximum Gasteiger partial charge on any atom is 0.243 e. The number of nitrogens with one attached hydrogen (secondary N) is 1. The molecular formula is C33H41N3O4S. The molecule has 0 radical (unpaired) electrons. The quantitative estimate of drug-likeness (QED) is 0.305. The van der Waals surface area contributed by atoms with E-state index in [-0.39, 0.29) is 35.7 Å². The third-order valence-corrected chi connectivity index (χ3v) is 9.60. The zero-order valence-electron chi connectivity index (χ0n) is 23.8. The van der Waals surface area contributed by atoms with Gasteiger partial charge in [0.1, 0.15) is 6.04 Å². The van der Waals surface area contributed by atoms with E-state index in [0.29, 0.717) is 19.4 Å². The van der Waals surface area contributed by atoms with Gasteiger partial charge in [0.25, 0.3) is 0 Å². The molecular weight excluding hydrogens is 534 g/mol. The maximum atomic E-state index is 13.9. The smallest absolute Gasteiger partial charge is 0.243 e. The van der Waals surface area contributed by atoms with Crippen molar-refractivity contribution in [3.63, 3.8) is 0 Å². The summed E-state index contributed by atoms with van der Waals surface area (Å²) in [6, 6.07) is 27.2. The highest BCUT2D eigenvalue weighted by atomic mass is 32.2. The van der Waals surface area contributed by atoms with Gasteiger partial charge in [-0.1, -0.05) is 98.1 Å². The second-order valence-electron chi connectivity index (χ2n) is 10.8. The molecule has 1 unspecified atom stereocenters. The zero-order chi connectivity index (χ0) is 29.1. The van der Waals surface area contributed by atoms with Gasteiger partial charge in [0, 0.05) is 39.0 Å². The van der Waals surface area contributed by atoms with Crippen LogP contribution in [0, 0.1) is 0 Å². The van der Waals surface area contributed by atoms with Gasteiger partial charge in [-0.25, -0.2) is 12.7 Å². The summed E-state index contributed by atoms with van der Waals surface area (Å²) >= 11 is 0. The summed E-state index contributed by atoms with van der Waals surface area (Å²) in [4.78, 5) is 29.6. The zero-order valence-corrected chi connectivity index (χ0v) is 24.6. The normalized spacial score (nSPS) is 14.9. The highest BCUT2D eigenvalue weighted by Crippen LogP contribution is 2.21. The molecule has 1 N–H and O–H groups in total. The molecule has 0 heterocycles. The van der Waals surface area contributed by atoms with Crippen molar-refractivity contribution in [3.05, 3.63) is 102 Å². The second-order valence-corrected chi connectivity index (χ2v) is 12.8. The first-order chi connectivity index (χ1) is 19.8. The van der Waals surface area contributed by atoms with Crippen LogP contribution in [0.3, 0.4) is 0 Å². The predicted molar refractivity (Wildman–Crippen MR) is 161 cm³/mol. The Hall–Kier alpha value is -3.49. The van der Waals surface area contributed by atoms with E-state index in [4.69, 9.17) is 0 Å². The Morgan fingerprint density at radius 2 is 1.39 bits per heavy atom. The first-order valence-corrected chi connectivity index (χ1v) is 16.0. The van der Waals surface area contributed by atoms with E-state index in [9.17, 15) is 18.0 Å². The third kappa shape index (κ3) is 8.75. The van der Waals surface area contributed by atoms with Crippen molar-refractivity contribution in [2.24, 2.45) is 0 Å². The number of carbonyl (C=O) groups is 2. The van der Waals surface area contributed by atoms with Crippen LogP contribution in [0.5, 0.6) is 0 Å². The summed E-state index contributed by atoms with van der Waals surface area (Å²) in [5.74, 6) is -0.298. The molecule has 0 aliphatic heterocycles. The molecule has 1 aliphatic carbocycles. The Kier molecular flexibility index (Phi) is 11.1. The lowest BCUT2D eigenvalue weighted by Gasteiger charge is -2.33. The summed E-state index contributed by atoms with van der Waals surface area (Å²) in [5.41, 5.74) is 1.92. The van der Waals surface area contributed by atoms with Crippen LogP contribution >= 0.6 is 0 Å². The molecule has 4 rings (SSSR count). The van der Waals surface area contributed by atoms with Crippen molar-refractivity contribution in [1.29, 1.82) is 0 Å². The Labute approximate surface area is 244 Å². The van der Waals surface area contributed by atoms with Gasteiger partial charge < -0.3 is 10.2 Å². The van der Waals surface area contributed by atoms with Gasteiger partial charge in [-0.3, -0.25) is 9.59 Å². The Morgan fingerprint density at radius 3 is 2.00 bits per heavy atom. The Balaban J connectivity index is 1.52. The van der Waals surface area contributed by atoms with E-state index in [0.717, 1.165) is 36.8 Å². The first kappa shape index (κ1) is 30.5. The maximum absolute atomic E-state index is 13.9. The molecule has 41 heavy (non-hydrogen) atoms. The topological polar surface area (TPSA) is 86.8 Å². The molecule has 3 aromatic carbocycles. The van der Waals surface area contributed by atoms with E-state index in [2.05, 4.69) is 5.32 Å². The lowest BCUT2D eigenvalue weighted by molar-refractivity contribution is -0.141. The number of hydrogen-bond donors (Lipinski definition) is 1. The average molecular weight is 576 g/mol. The molecule has 1 atom stereocenters. The van der Waals surface area contributed by atoms with Crippen molar-refractivity contribution < 1.29 is 18.0 Å². The van der Waals surface area contributed by atoms with Crippen LogP contribution in [0.2, 0.25) is 0 Å². The van der Waals surface area contributed by atoms with E-state index in [1.807, 2.05) is 60.7 Å². The fraction of sp³-hybridized carbons (Fsp3) is 0.394. The van der Waals surface area contributed by atoms with Crippen molar-refractivity contribution in [2.45, 2.75) is 74.9 Å². The van der Waals surface area contributed by atoms with Gasteiger partial charge in [-0.15, -0.1) is 0 Å². The number of rotatable bonds is 13. The highest BCUT2D eigenvalue weighted by Gasteiger charge is 2.32. The largest absolute Gasteiger partial charge is 0.352 e. The van der Waals surface area contributed by atoms with E-state index in [1.165, 1.54) is 17.8 Å². The molecule has 0 bridgehead atoms. The predicted octanol–water partition coefficient (Wildman–Crippen LogP) is 5.18. The number of benzene rings is 3. The number of carbonyl (C=O) groups excluding carboxylic acids is 2. The summed E-state index contributed by atoms with van der Waals surface area (Å²) < 4.78 is 27.2. The number of hydrogen-bond acceptors (Lipinski definition) is 4. The minimum Gasteiger partial charge on any atom is -0.352 e. The molecule has 0 spiro atoms. The number of sulfonamides is 1. The molecule has 0 aromatic heterocycles. The van der Waals surface area contributed by atoms with E-state index in [1.54, 1.807) is 35.2 Å². The van der Waals surface area contributed by atoms with Crippen LogP contribution in [0.1, 0.15) is 56.1 Å². The number of amides is 2. The fourth-order valence-electron chi connectivity index (χ4n) is 5.37. The molecule has 1 fully saturated rings. The van der Waals surface area contributed by atoms with Gasteiger partial charge in [-0.05, 0) is 42.5 Å². The lowest BCUT2D eigenvalue weighted by Crippen LogP contribution is -2.52. The minimum atomic E-state index is -3.65. The fourth-order valence-corrected chi connectivity index (χ4v) is 6.60. The van der Waals surface area contributed by atoms with E-state index >= 15 is 0 Å². The summed E-state index contributed by atoms with van der Waals surface area (Å²) in [5, 5.41) is 3.25. The standard InChI is InChI=1S/C33H41N3O4S/c1-35(41(39,40)30-21-12-5-13-22-30)24-14-23-32(37)36(26-28-17-8-3-9-18-28)31(25-27-15-6-2-7-16-27)33(38)34-29-19-10-4-11-20-29/h2-3,5-9,12-13,15-18,21-22,29,31H,4,10-11,14,19-20,23-26H2,1H3,(H,34,38). The Morgan fingerprint density at radius 1 is 0.829 bits per heavy atom. The summed E-state index contributed by atoms with van der Waals surface area (Å²) in [7, 11) is -2.12. The molecule has 3 aromatic rings.